The molecular weight excluding hydrogens is 348 g/mol. The van der Waals surface area contributed by atoms with E-state index >= 15 is 0 Å². The molecule has 0 radical (unpaired) electrons. The average molecular weight is 377 g/mol. The third kappa shape index (κ3) is 3.33. The minimum absolute atomic E-state index is 0.182. The Labute approximate surface area is 167 Å². The molecular formula is C24H28N2O2. The van der Waals surface area contributed by atoms with Gasteiger partial charge in [-0.05, 0) is 48.6 Å². The van der Waals surface area contributed by atoms with Crippen molar-refractivity contribution in [3.63, 3.8) is 0 Å². The second-order valence-electron chi connectivity index (χ2n) is 7.78. The van der Waals surface area contributed by atoms with Crippen molar-refractivity contribution in [2.75, 3.05) is 13.1 Å². The second-order valence-corrected chi connectivity index (χ2v) is 7.78. The van der Waals surface area contributed by atoms with Crippen LogP contribution in [0.25, 0.3) is 0 Å². The van der Waals surface area contributed by atoms with Crippen LogP contribution in [0.3, 0.4) is 0 Å². The van der Waals surface area contributed by atoms with Crippen LogP contribution in [0.1, 0.15) is 36.0 Å². The van der Waals surface area contributed by atoms with Crippen LogP contribution >= 0.6 is 0 Å². The van der Waals surface area contributed by atoms with Crippen LogP contribution in [0.15, 0.2) is 61.2 Å². The summed E-state index contributed by atoms with van der Waals surface area (Å²) in [5.41, 5.74) is 3.31. The number of nitrogens with one attached hydrogen (secondary N) is 1. The van der Waals surface area contributed by atoms with Crippen LogP contribution in [0, 0.1) is 6.92 Å². The van der Waals surface area contributed by atoms with Crippen LogP contribution in [-0.2, 0) is 16.9 Å². The smallest absolute Gasteiger partial charge is 0.223 e. The number of benzene rings is 2. The first-order chi connectivity index (χ1) is 13.6. The van der Waals surface area contributed by atoms with Crippen molar-refractivity contribution in [2.24, 2.45) is 0 Å². The lowest BCUT2D eigenvalue weighted by Gasteiger charge is -2.48. The maximum Gasteiger partial charge on any atom is 0.223 e. The summed E-state index contributed by atoms with van der Waals surface area (Å²) >= 11 is 0. The molecule has 2 atom stereocenters. The van der Waals surface area contributed by atoms with E-state index in [1.165, 1.54) is 11.1 Å². The van der Waals surface area contributed by atoms with Gasteiger partial charge in [0.25, 0.3) is 0 Å². The van der Waals surface area contributed by atoms with Crippen LogP contribution in [0.4, 0.5) is 0 Å². The molecule has 2 aromatic carbocycles. The number of piperazine rings is 1. The number of rotatable bonds is 6. The Morgan fingerprint density at radius 3 is 2.86 bits per heavy atom. The lowest BCUT2D eigenvalue weighted by Crippen LogP contribution is -2.63. The van der Waals surface area contributed by atoms with Gasteiger partial charge in [-0.25, -0.2) is 0 Å². The van der Waals surface area contributed by atoms with Gasteiger partial charge < -0.3 is 15.0 Å². The summed E-state index contributed by atoms with van der Waals surface area (Å²) in [4.78, 5) is 14.4. The first-order valence-electron chi connectivity index (χ1n) is 10.1. The van der Waals surface area contributed by atoms with E-state index in [-0.39, 0.29) is 17.5 Å². The zero-order valence-electron chi connectivity index (χ0n) is 16.5. The first kappa shape index (κ1) is 18.8. The molecule has 2 aromatic rings. The third-order valence-electron chi connectivity index (χ3n) is 6.08. The highest BCUT2D eigenvalue weighted by Gasteiger charge is 2.49. The molecule has 28 heavy (non-hydrogen) atoms. The van der Waals surface area contributed by atoms with Crippen LogP contribution < -0.4 is 10.1 Å². The minimum Gasteiger partial charge on any atom is -0.489 e. The lowest BCUT2D eigenvalue weighted by molar-refractivity contribution is -0.131. The highest BCUT2D eigenvalue weighted by atomic mass is 16.5. The fraction of sp³-hybridized carbons (Fsp3) is 0.375. The first-order valence-corrected chi connectivity index (χ1v) is 10.1. The summed E-state index contributed by atoms with van der Waals surface area (Å²) in [5.74, 6) is 1.15. The van der Waals surface area contributed by atoms with Crippen molar-refractivity contribution in [1.82, 2.24) is 10.2 Å². The molecule has 0 saturated carbocycles. The number of carbonyl (C=O) groups excluding carboxylic acids is 1. The van der Waals surface area contributed by atoms with Crippen molar-refractivity contribution in [2.45, 2.75) is 44.4 Å². The number of hydrogen-bond acceptors (Lipinski definition) is 3. The highest BCUT2D eigenvalue weighted by Crippen LogP contribution is 2.42. The van der Waals surface area contributed by atoms with E-state index in [9.17, 15) is 4.79 Å². The van der Waals surface area contributed by atoms with Gasteiger partial charge in [-0.2, -0.15) is 0 Å². The van der Waals surface area contributed by atoms with Crippen molar-refractivity contribution in [3.05, 3.63) is 77.9 Å². The van der Waals surface area contributed by atoms with E-state index in [4.69, 9.17) is 4.74 Å². The number of aryl methyl sites for hydroxylation is 1. The molecule has 4 heteroatoms. The largest absolute Gasteiger partial charge is 0.489 e. The van der Waals surface area contributed by atoms with Gasteiger partial charge in [0.05, 0.1) is 11.6 Å². The van der Waals surface area contributed by atoms with Crippen LogP contribution in [0.2, 0.25) is 0 Å². The fourth-order valence-corrected chi connectivity index (χ4v) is 4.83. The predicted molar refractivity (Wildman–Crippen MR) is 111 cm³/mol. The van der Waals surface area contributed by atoms with E-state index in [1.54, 1.807) is 0 Å². The zero-order valence-corrected chi connectivity index (χ0v) is 16.5. The minimum atomic E-state index is -0.270. The average Bonchev–Trinajstić information content (AvgIpc) is 3.10. The summed E-state index contributed by atoms with van der Waals surface area (Å²) in [6.45, 7) is 8.29. The van der Waals surface area contributed by atoms with Crippen molar-refractivity contribution in [3.8, 4) is 5.75 Å². The Bertz CT molecular complexity index is 864. The Morgan fingerprint density at radius 2 is 2.11 bits per heavy atom. The van der Waals surface area contributed by atoms with E-state index < -0.39 is 0 Å². The number of nitrogens with zero attached hydrogens (tertiary/aromatic N) is 1. The Morgan fingerprint density at radius 1 is 1.29 bits per heavy atom. The summed E-state index contributed by atoms with van der Waals surface area (Å²) < 4.78 is 6.01. The summed E-state index contributed by atoms with van der Waals surface area (Å²) in [6.07, 6.45) is 4.30. The number of carbonyl (C=O) groups is 1. The van der Waals surface area contributed by atoms with Gasteiger partial charge in [-0.1, -0.05) is 42.5 Å². The van der Waals surface area contributed by atoms with Crippen LogP contribution in [-0.4, -0.2) is 29.9 Å². The van der Waals surface area contributed by atoms with Gasteiger partial charge in [0, 0.05) is 19.5 Å². The lowest BCUT2D eigenvalue weighted by atomic mass is 9.75. The fourth-order valence-electron chi connectivity index (χ4n) is 4.83. The molecule has 4 rings (SSSR count). The molecule has 2 heterocycles. The molecule has 0 aliphatic carbocycles. The molecule has 0 aromatic heterocycles. The van der Waals surface area contributed by atoms with Crippen molar-refractivity contribution >= 4 is 5.91 Å². The second kappa shape index (κ2) is 7.80. The summed E-state index contributed by atoms with van der Waals surface area (Å²) in [5, 5.41) is 3.75. The molecule has 2 unspecified atom stereocenters. The molecule has 4 nitrogen and oxygen atoms in total. The summed E-state index contributed by atoms with van der Waals surface area (Å²) in [6, 6.07) is 16.7. The maximum atomic E-state index is 12.3. The Balaban J connectivity index is 1.61. The third-order valence-corrected chi connectivity index (χ3v) is 6.08. The van der Waals surface area contributed by atoms with Gasteiger partial charge in [-0.15, -0.1) is 6.58 Å². The SMILES string of the molecule is C=CCC1(c2ccc(OCc3ccccc3)cc2C)NCCN2C(=O)CCC21. The van der Waals surface area contributed by atoms with E-state index in [2.05, 4.69) is 48.0 Å². The molecule has 2 saturated heterocycles. The molecule has 2 aliphatic heterocycles. The number of ether oxygens (including phenoxy) is 1. The normalized spacial score (nSPS) is 24.1. The van der Waals surface area contributed by atoms with Crippen molar-refractivity contribution < 1.29 is 9.53 Å². The molecule has 2 fully saturated rings. The molecule has 146 valence electrons. The molecule has 0 spiro atoms. The van der Waals surface area contributed by atoms with Gasteiger partial charge >= 0.3 is 0 Å². The van der Waals surface area contributed by atoms with Gasteiger partial charge in [0.2, 0.25) is 5.91 Å². The Kier molecular flexibility index (Phi) is 5.23. The number of amides is 1. The standard InChI is InChI=1S/C24H28N2O2/c1-3-13-24(22-11-12-23(27)26(22)15-14-25-24)21-10-9-20(16-18(21)2)28-17-19-7-5-4-6-8-19/h3-10,16,22,25H,1,11-15,17H2,2H3. The number of fused-ring (bicyclic) bond motifs is 1. The van der Waals surface area contributed by atoms with Gasteiger partial charge in [0.1, 0.15) is 12.4 Å². The predicted octanol–water partition coefficient (Wildman–Crippen LogP) is 3.94. The van der Waals surface area contributed by atoms with Crippen LogP contribution in [0.5, 0.6) is 5.75 Å². The monoisotopic (exact) mass is 376 g/mol. The van der Waals surface area contributed by atoms with Crippen molar-refractivity contribution in [1.29, 1.82) is 0 Å². The molecule has 1 amide bonds. The molecule has 1 N–H and O–H groups in total. The Hall–Kier alpha value is -2.59. The van der Waals surface area contributed by atoms with Gasteiger partial charge in [-0.3, -0.25) is 4.79 Å². The van der Waals surface area contributed by atoms with E-state index in [0.29, 0.717) is 13.0 Å². The zero-order chi connectivity index (χ0) is 19.6. The van der Waals surface area contributed by atoms with E-state index in [1.807, 2.05) is 30.3 Å². The topological polar surface area (TPSA) is 41.6 Å². The summed E-state index contributed by atoms with van der Waals surface area (Å²) in [7, 11) is 0. The van der Waals surface area contributed by atoms with Gasteiger partial charge in [0.15, 0.2) is 0 Å². The molecule has 2 aliphatic rings. The maximum absolute atomic E-state index is 12.3. The molecule has 0 bridgehead atoms. The quantitative estimate of drug-likeness (QED) is 0.777. The van der Waals surface area contributed by atoms with E-state index in [0.717, 1.165) is 37.2 Å². The number of hydrogen-bond donors (Lipinski definition) is 1. The highest BCUT2D eigenvalue weighted by molar-refractivity contribution is 5.79.